The standard InChI is InChI=1S/C11H16N2O3/c1-3-7-15-8-10-12-6-5-9(13-10)11(14)16-4-2/h5-6H,3-4,7-8H2,1-2H3. The lowest BCUT2D eigenvalue weighted by Gasteiger charge is -2.03. The Hall–Kier alpha value is -1.49. The normalized spacial score (nSPS) is 10.1. The van der Waals surface area contributed by atoms with Gasteiger partial charge in [0.15, 0.2) is 11.5 Å². The average Bonchev–Trinajstić information content (AvgIpc) is 2.30. The van der Waals surface area contributed by atoms with E-state index >= 15 is 0 Å². The van der Waals surface area contributed by atoms with Crippen molar-refractivity contribution in [3.63, 3.8) is 0 Å². The Labute approximate surface area is 94.8 Å². The second-order valence-corrected chi connectivity index (χ2v) is 3.13. The molecule has 0 aliphatic heterocycles. The highest BCUT2D eigenvalue weighted by Crippen LogP contribution is 2.00. The number of nitrogens with zero attached hydrogens (tertiary/aromatic N) is 2. The van der Waals surface area contributed by atoms with Gasteiger partial charge in [-0.1, -0.05) is 6.92 Å². The van der Waals surface area contributed by atoms with Gasteiger partial charge in [0.2, 0.25) is 0 Å². The minimum atomic E-state index is -0.429. The van der Waals surface area contributed by atoms with Gasteiger partial charge in [-0.25, -0.2) is 14.8 Å². The third-order valence-corrected chi connectivity index (χ3v) is 1.77. The highest BCUT2D eigenvalue weighted by molar-refractivity contribution is 5.87. The first kappa shape index (κ1) is 12.6. The van der Waals surface area contributed by atoms with Gasteiger partial charge in [-0.05, 0) is 19.4 Å². The van der Waals surface area contributed by atoms with Crippen LogP contribution in [0.2, 0.25) is 0 Å². The predicted molar refractivity (Wildman–Crippen MR) is 57.9 cm³/mol. The molecular weight excluding hydrogens is 208 g/mol. The van der Waals surface area contributed by atoms with Crippen LogP contribution in [-0.4, -0.2) is 29.2 Å². The minimum absolute atomic E-state index is 0.270. The molecule has 1 aromatic heterocycles. The molecule has 0 fully saturated rings. The van der Waals surface area contributed by atoms with Gasteiger partial charge in [-0.15, -0.1) is 0 Å². The van der Waals surface area contributed by atoms with E-state index in [1.807, 2.05) is 6.92 Å². The molecule has 1 heterocycles. The van der Waals surface area contributed by atoms with Crippen LogP contribution in [0.3, 0.4) is 0 Å². The second kappa shape index (κ2) is 6.90. The van der Waals surface area contributed by atoms with Crippen LogP contribution in [0, 0.1) is 0 Å². The molecule has 0 aliphatic carbocycles. The van der Waals surface area contributed by atoms with Crippen molar-refractivity contribution < 1.29 is 14.3 Å². The number of hydrogen-bond acceptors (Lipinski definition) is 5. The number of carbonyl (C=O) groups is 1. The summed E-state index contributed by atoms with van der Waals surface area (Å²) < 4.78 is 10.1. The minimum Gasteiger partial charge on any atom is -0.461 e. The topological polar surface area (TPSA) is 61.3 Å². The van der Waals surface area contributed by atoms with Gasteiger partial charge < -0.3 is 9.47 Å². The lowest BCUT2D eigenvalue weighted by atomic mass is 10.4. The molecule has 0 aliphatic rings. The lowest BCUT2D eigenvalue weighted by molar-refractivity contribution is 0.0517. The maximum absolute atomic E-state index is 11.4. The number of rotatable bonds is 6. The van der Waals surface area contributed by atoms with E-state index in [0.717, 1.165) is 6.42 Å². The van der Waals surface area contributed by atoms with Crippen molar-refractivity contribution in [1.29, 1.82) is 0 Å². The molecule has 0 unspecified atom stereocenters. The zero-order valence-electron chi connectivity index (χ0n) is 9.60. The molecule has 1 aromatic rings. The summed E-state index contributed by atoms with van der Waals surface area (Å²) in [6, 6.07) is 1.53. The third-order valence-electron chi connectivity index (χ3n) is 1.77. The summed E-state index contributed by atoms with van der Waals surface area (Å²) in [5, 5.41) is 0. The number of ether oxygens (including phenoxy) is 2. The summed E-state index contributed by atoms with van der Waals surface area (Å²) in [7, 11) is 0. The third kappa shape index (κ3) is 3.94. The fourth-order valence-corrected chi connectivity index (χ4v) is 1.10. The average molecular weight is 224 g/mol. The summed E-state index contributed by atoms with van der Waals surface area (Å²) in [5.74, 6) is 0.0700. The van der Waals surface area contributed by atoms with Gasteiger partial charge in [0.05, 0.1) is 6.61 Å². The van der Waals surface area contributed by atoms with Crippen LogP contribution >= 0.6 is 0 Å². The van der Waals surface area contributed by atoms with E-state index in [1.165, 1.54) is 12.3 Å². The highest BCUT2D eigenvalue weighted by Gasteiger charge is 2.09. The van der Waals surface area contributed by atoms with E-state index < -0.39 is 5.97 Å². The second-order valence-electron chi connectivity index (χ2n) is 3.13. The fourth-order valence-electron chi connectivity index (χ4n) is 1.10. The Bertz CT molecular complexity index is 342. The summed E-state index contributed by atoms with van der Waals surface area (Å²) >= 11 is 0. The zero-order valence-corrected chi connectivity index (χ0v) is 9.60. The van der Waals surface area contributed by atoms with Gasteiger partial charge in [0, 0.05) is 12.8 Å². The van der Waals surface area contributed by atoms with Crippen molar-refractivity contribution in [2.45, 2.75) is 26.9 Å². The van der Waals surface area contributed by atoms with Gasteiger partial charge in [-0.3, -0.25) is 0 Å². The Balaban J connectivity index is 2.60. The molecule has 0 atom stereocenters. The van der Waals surface area contributed by atoms with Crippen molar-refractivity contribution in [3.05, 3.63) is 23.8 Å². The quantitative estimate of drug-likeness (QED) is 0.542. The maximum Gasteiger partial charge on any atom is 0.357 e. The van der Waals surface area contributed by atoms with Crippen LogP contribution in [0.25, 0.3) is 0 Å². The van der Waals surface area contributed by atoms with Crippen molar-refractivity contribution >= 4 is 5.97 Å². The van der Waals surface area contributed by atoms with Gasteiger partial charge in [0.1, 0.15) is 6.61 Å². The van der Waals surface area contributed by atoms with E-state index in [-0.39, 0.29) is 5.69 Å². The molecule has 5 nitrogen and oxygen atoms in total. The predicted octanol–water partition coefficient (Wildman–Crippen LogP) is 1.58. The molecule has 0 spiro atoms. The summed E-state index contributed by atoms with van der Waals surface area (Å²) in [6.07, 6.45) is 2.47. The Morgan fingerprint density at radius 2 is 2.25 bits per heavy atom. The molecule has 0 saturated carbocycles. The van der Waals surface area contributed by atoms with Gasteiger partial charge in [0.25, 0.3) is 0 Å². The fraction of sp³-hybridized carbons (Fsp3) is 0.545. The van der Waals surface area contributed by atoms with E-state index in [0.29, 0.717) is 25.6 Å². The first-order valence-corrected chi connectivity index (χ1v) is 5.34. The van der Waals surface area contributed by atoms with E-state index in [9.17, 15) is 4.79 Å². The van der Waals surface area contributed by atoms with Crippen LogP contribution in [0.1, 0.15) is 36.6 Å². The molecular formula is C11H16N2O3. The molecule has 0 radical (unpaired) electrons. The van der Waals surface area contributed by atoms with Crippen molar-refractivity contribution in [2.24, 2.45) is 0 Å². The van der Waals surface area contributed by atoms with E-state index in [4.69, 9.17) is 9.47 Å². The SMILES string of the molecule is CCCOCc1nccc(C(=O)OCC)n1. The van der Waals surface area contributed by atoms with Crippen molar-refractivity contribution in [2.75, 3.05) is 13.2 Å². The smallest absolute Gasteiger partial charge is 0.357 e. The summed E-state index contributed by atoms with van der Waals surface area (Å²) in [5.41, 5.74) is 0.270. The van der Waals surface area contributed by atoms with Gasteiger partial charge in [-0.2, -0.15) is 0 Å². The molecule has 16 heavy (non-hydrogen) atoms. The zero-order chi connectivity index (χ0) is 11.8. The molecule has 0 N–H and O–H groups in total. The van der Waals surface area contributed by atoms with Crippen LogP contribution < -0.4 is 0 Å². The summed E-state index contributed by atoms with van der Waals surface area (Å²) in [4.78, 5) is 19.4. The van der Waals surface area contributed by atoms with Crippen molar-refractivity contribution in [1.82, 2.24) is 9.97 Å². The van der Waals surface area contributed by atoms with Crippen LogP contribution in [-0.2, 0) is 16.1 Å². The largest absolute Gasteiger partial charge is 0.461 e. The maximum atomic E-state index is 11.4. The van der Waals surface area contributed by atoms with Gasteiger partial charge >= 0.3 is 5.97 Å². The first-order valence-electron chi connectivity index (χ1n) is 5.34. The van der Waals surface area contributed by atoms with Crippen LogP contribution in [0.5, 0.6) is 0 Å². The lowest BCUT2D eigenvalue weighted by Crippen LogP contribution is -2.10. The Morgan fingerprint density at radius 3 is 2.94 bits per heavy atom. The molecule has 1 rings (SSSR count). The summed E-state index contributed by atoms with van der Waals surface area (Å²) in [6.45, 7) is 5.10. The number of aromatic nitrogens is 2. The van der Waals surface area contributed by atoms with Crippen molar-refractivity contribution in [3.8, 4) is 0 Å². The molecule has 88 valence electrons. The molecule has 0 aromatic carbocycles. The van der Waals surface area contributed by atoms with E-state index in [2.05, 4.69) is 9.97 Å². The molecule has 5 heteroatoms. The number of carbonyl (C=O) groups excluding carboxylic acids is 1. The molecule has 0 bridgehead atoms. The molecule has 0 amide bonds. The highest BCUT2D eigenvalue weighted by atomic mass is 16.5. The number of hydrogen-bond donors (Lipinski definition) is 0. The number of esters is 1. The Kier molecular flexibility index (Phi) is 5.42. The van der Waals surface area contributed by atoms with E-state index in [1.54, 1.807) is 6.92 Å². The first-order chi connectivity index (χ1) is 7.77. The Morgan fingerprint density at radius 1 is 1.44 bits per heavy atom. The monoisotopic (exact) mass is 224 g/mol. The molecule has 0 saturated heterocycles. The van der Waals surface area contributed by atoms with Crippen LogP contribution in [0.15, 0.2) is 12.3 Å². The van der Waals surface area contributed by atoms with Crippen LogP contribution in [0.4, 0.5) is 0 Å².